The number of methoxy groups -OCH3 is 1. The van der Waals surface area contributed by atoms with Crippen molar-refractivity contribution in [2.75, 3.05) is 17.3 Å². The molecule has 2 heterocycles. The molecule has 1 aromatic heterocycles. The molecule has 29 heavy (non-hydrogen) atoms. The minimum absolute atomic E-state index is 0.161. The zero-order chi connectivity index (χ0) is 20.4. The molecular weight excluding hydrogens is 368 g/mol. The van der Waals surface area contributed by atoms with Gasteiger partial charge in [0.05, 0.1) is 30.8 Å². The minimum Gasteiger partial charge on any atom is -0.465 e. The molecule has 0 radical (unpaired) electrons. The molecule has 1 aliphatic heterocycles. The highest BCUT2D eigenvalue weighted by Crippen LogP contribution is 2.36. The van der Waals surface area contributed by atoms with Gasteiger partial charge in [-0.25, -0.2) is 14.8 Å². The van der Waals surface area contributed by atoms with Gasteiger partial charge in [-0.05, 0) is 37.1 Å². The highest BCUT2D eigenvalue weighted by atomic mass is 16.5. The van der Waals surface area contributed by atoms with Gasteiger partial charge in [-0.15, -0.1) is 0 Å². The summed E-state index contributed by atoms with van der Waals surface area (Å²) >= 11 is 0. The molecule has 0 aliphatic carbocycles. The number of para-hydroxylation sites is 2. The molecule has 0 spiro atoms. The fourth-order valence-electron chi connectivity index (χ4n) is 3.54. The first-order valence-corrected chi connectivity index (χ1v) is 9.26. The van der Waals surface area contributed by atoms with Crippen molar-refractivity contribution in [3.8, 4) is 0 Å². The Bertz CT molecular complexity index is 1070. The predicted octanol–water partition coefficient (Wildman–Crippen LogP) is 3.60. The van der Waals surface area contributed by atoms with Gasteiger partial charge in [0, 0.05) is 11.7 Å². The van der Waals surface area contributed by atoms with Crippen LogP contribution in [0.25, 0.3) is 0 Å². The summed E-state index contributed by atoms with van der Waals surface area (Å²) in [5, 5.41) is 2.70. The van der Waals surface area contributed by atoms with Gasteiger partial charge in [0.2, 0.25) is 0 Å². The molecule has 1 unspecified atom stereocenters. The van der Waals surface area contributed by atoms with Crippen LogP contribution >= 0.6 is 0 Å². The van der Waals surface area contributed by atoms with Crippen LogP contribution in [-0.2, 0) is 11.2 Å². The number of anilines is 3. The molecule has 146 valence electrons. The molecule has 7 nitrogen and oxygen atoms in total. The van der Waals surface area contributed by atoms with Crippen molar-refractivity contribution in [3.05, 3.63) is 77.7 Å². The SMILES string of the molecule is COC(=O)c1ccccc1NC(=O)c1cnc(N2c3ccccc3CC2C)cn1. The number of esters is 1. The standard InChI is InChI=1S/C22H20N4O3/c1-14-11-15-7-3-6-10-19(15)26(14)20-13-23-18(12-24-20)21(27)25-17-9-5-4-8-16(17)22(28)29-2/h3-10,12-14H,11H2,1-2H3,(H,25,27). The first-order valence-electron chi connectivity index (χ1n) is 9.26. The number of amides is 1. The van der Waals surface area contributed by atoms with E-state index >= 15 is 0 Å². The first-order chi connectivity index (χ1) is 14.1. The summed E-state index contributed by atoms with van der Waals surface area (Å²) in [5.41, 5.74) is 3.17. The maximum atomic E-state index is 12.6. The molecule has 4 rings (SSSR count). The van der Waals surface area contributed by atoms with E-state index in [1.165, 1.54) is 18.9 Å². The largest absolute Gasteiger partial charge is 0.465 e. The molecule has 0 bridgehead atoms. The number of ether oxygens (including phenoxy) is 1. The number of hydrogen-bond acceptors (Lipinski definition) is 6. The number of fused-ring (bicyclic) bond motifs is 1. The molecule has 1 aliphatic rings. The second-order valence-electron chi connectivity index (χ2n) is 6.80. The zero-order valence-corrected chi connectivity index (χ0v) is 16.1. The third-order valence-corrected chi connectivity index (χ3v) is 4.91. The van der Waals surface area contributed by atoms with E-state index in [0.29, 0.717) is 11.5 Å². The lowest BCUT2D eigenvalue weighted by Crippen LogP contribution is -2.25. The number of rotatable bonds is 4. The van der Waals surface area contributed by atoms with Crippen LogP contribution in [0.15, 0.2) is 60.9 Å². The van der Waals surface area contributed by atoms with E-state index in [2.05, 4.69) is 39.2 Å². The van der Waals surface area contributed by atoms with Crippen molar-refractivity contribution >= 4 is 29.1 Å². The smallest absolute Gasteiger partial charge is 0.339 e. The summed E-state index contributed by atoms with van der Waals surface area (Å²) in [5.74, 6) is -0.284. The van der Waals surface area contributed by atoms with E-state index in [4.69, 9.17) is 4.74 Å². The number of carbonyl (C=O) groups is 2. The van der Waals surface area contributed by atoms with Crippen LogP contribution in [0.1, 0.15) is 33.3 Å². The average molecular weight is 388 g/mol. The van der Waals surface area contributed by atoms with Crippen LogP contribution in [0.4, 0.5) is 17.2 Å². The topological polar surface area (TPSA) is 84.4 Å². The minimum atomic E-state index is -0.524. The highest BCUT2D eigenvalue weighted by Gasteiger charge is 2.28. The summed E-state index contributed by atoms with van der Waals surface area (Å²) in [6.45, 7) is 2.13. The maximum absolute atomic E-state index is 12.6. The molecule has 2 aromatic carbocycles. The number of nitrogens with one attached hydrogen (secondary N) is 1. The summed E-state index contributed by atoms with van der Waals surface area (Å²) in [7, 11) is 1.29. The molecule has 1 atom stereocenters. The van der Waals surface area contributed by atoms with Crippen molar-refractivity contribution in [3.63, 3.8) is 0 Å². The average Bonchev–Trinajstić information content (AvgIpc) is 3.09. The van der Waals surface area contributed by atoms with Gasteiger partial charge in [0.1, 0.15) is 5.69 Å². The van der Waals surface area contributed by atoms with E-state index in [9.17, 15) is 9.59 Å². The lowest BCUT2D eigenvalue weighted by atomic mass is 10.1. The van der Waals surface area contributed by atoms with Gasteiger partial charge in [0.25, 0.3) is 5.91 Å². The Balaban J connectivity index is 1.55. The van der Waals surface area contributed by atoms with E-state index in [1.54, 1.807) is 30.5 Å². The zero-order valence-electron chi connectivity index (χ0n) is 16.1. The van der Waals surface area contributed by atoms with Crippen LogP contribution in [0.3, 0.4) is 0 Å². The van der Waals surface area contributed by atoms with Gasteiger partial charge in [-0.2, -0.15) is 0 Å². The normalized spacial score (nSPS) is 15.0. The summed E-state index contributed by atoms with van der Waals surface area (Å²) in [4.78, 5) is 35.3. The van der Waals surface area contributed by atoms with E-state index < -0.39 is 11.9 Å². The quantitative estimate of drug-likeness (QED) is 0.688. The molecule has 1 N–H and O–H groups in total. The van der Waals surface area contributed by atoms with Crippen LogP contribution < -0.4 is 10.2 Å². The lowest BCUT2D eigenvalue weighted by molar-refractivity contribution is 0.0602. The number of nitrogens with zero attached hydrogens (tertiary/aromatic N) is 3. The Labute approximate surface area is 168 Å². The third-order valence-electron chi connectivity index (χ3n) is 4.91. The summed E-state index contributed by atoms with van der Waals surface area (Å²) in [6.07, 6.45) is 3.98. The molecule has 7 heteroatoms. The van der Waals surface area contributed by atoms with Crippen molar-refractivity contribution in [2.45, 2.75) is 19.4 Å². The van der Waals surface area contributed by atoms with Crippen molar-refractivity contribution in [1.29, 1.82) is 0 Å². The van der Waals surface area contributed by atoms with Crippen LogP contribution in [0.2, 0.25) is 0 Å². The maximum Gasteiger partial charge on any atom is 0.339 e. The highest BCUT2D eigenvalue weighted by molar-refractivity contribution is 6.07. The lowest BCUT2D eigenvalue weighted by Gasteiger charge is -2.23. The van der Waals surface area contributed by atoms with E-state index in [-0.39, 0.29) is 17.3 Å². The van der Waals surface area contributed by atoms with Crippen molar-refractivity contribution < 1.29 is 14.3 Å². The van der Waals surface area contributed by atoms with Crippen LogP contribution in [0, 0.1) is 0 Å². The van der Waals surface area contributed by atoms with Crippen LogP contribution in [-0.4, -0.2) is 35.0 Å². The van der Waals surface area contributed by atoms with Gasteiger partial charge >= 0.3 is 5.97 Å². The Morgan fingerprint density at radius 1 is 1.07 bits per heavy atom. The number of benzene rings is 2. The van der Waals surface area contributed by atoms with Gasteiger partial charge in [-0.1, -0.05) is 30.3 Å². The Morgan fingerprint density at radius 2 is 1.83 bits per heavy atom. The molecule has 0 saturated carbocycles. The predicted molar refractivity (Wildman–Crippen MR) is 110 cm³/mol. The summed E-state index contributed by atoms with van der Waals surface area (Å²) < 4.78 is 4.75. The second kappa shape index (κ2) is 7.71. The monoisotopic (exact) mass is 388 g/mol. The first kappa shape index (κ1) is 18.6. The summed E-state index contributed by atoms with van der Waals surface area (Å²) in [6, 6.07) is 15.1. The molecule has 0 saturated heterocycles. The fourth-order valence-corrected chi connectivity index (χ4v) is 3.54. The van der Waals surface area contributed by atoms with Gasteiger partial charge in [-0.3, -0.25) is 4.79 Å². The number of aromatic nitrogens is 2. The third kappa shape index (κ3) is 3.54. The second-order valence-corrected chi connectivity index (χ2v) is 6.80. The van der Waals surface area contributed by atoms with Crippen LogP contribution in [0.5, 0.6) is 0 Å². The Morgan fingerprint density at radius 3 is 2.59 bits per heavy atom. The molecule has 3 aromatic rings. The molecule has 1 amide bonds. The molecule has 0 fully saturated rings. The van der Waals surface area contributed by atoms with Crippen molar-refractivity contribution in [1.82, 2.24) is 9.97 Å². The number of carbonyl (C=O) groups excluding carboxylic acids is 2. The van der Waals surface area contributed by atoms with Crippen molar-refractivity contribution in [2.24, 2.45) is 0 Å². The Hall–Kier alpha value is -3.74. The Kier molecular flexibility index (Phi) is 4.95. The number of hydrogen-bond donors (Lipinski definition) is 1. The fraction of sp³-hybridized carbons (Fsp3) is 0.182. The van der Waals surface area contributed by atoms with Gasteiger partial charge < -0.3 is 15.0 Å². The van der Waals surface area contributed by atoms with E-state index in [1.807, 2.05) is 12.1 Å². The van der Waals surface area contributed by atoms with E-state index in [0.717, 1.165) is 12.1 Å². The molecular formula is C22H20N4O3. The van der Waals surface area contributed by atoms with Gasteiger partial charge in [0.15, 0.2) is 5.82 Å².